The van der Waals surface area contributed by atoms with E-state index in [1.54, 1.807) is 0 Å². The van der Waals surface area contributed by atoms with Gasteiger partial charge in [0.15, 0.2) is 0 Å². The number of hydrogen-bond donors (Lipinski definition) is 3. The fourth-order valence-corrected chi connectivity index (χ4v) is 2.59. The lowest BCUT2D eigenvalue weighted by molar-refractivity contribution is -0.139. The highest BCUT2D eigenvalue weighted by atomic mass is 16.2. The molecule has 0 aromatic rings. The molecule has 1 aliphatic carbocycles. The lowest BCUT2D eigenvalue weighted by Crippen LogP contribution is -2.48. The van der Waals surface area contributed by atoms with Crippen molar-refractivity contribution in [3.8, 4) is 0 Å². The van der Waals surface area contributed by atoms with E-state index in [4.69, 9.17) is 5.73 Å². The SMILES string of the molecule is CCC(NC(=O)C(=O)NCCN)C1CCCCC1. The molecule has 0 aromatic heterocycles. The Morgan fingerprint density at radius 1 is 1.22 bits per heavy atom. The smallest absolute Gasteiger partial charge is 0.309 e. The molecule has 1 rings (SSSR count). The summed E-state index contributed by atoms with van der Waals surface area (Å²) in [7, 11) is 0. The summed E-state index contributed by atoms with van der Waals surface area (Å²) in [6, 6.07) is 0.126. The second-order valence-electron chi connectivity index (χ2n) is 4.93. The molecule has 1 saturated carbocycles. The molecule has 0 aliphatic heterocycles. The van der Waals surface area contributed by atoms with Gasteiger partial charge in [-0.05, 0) is 25.2 Å². The van der Waals surface area contributed by atoms with Gasteiger partial charge < -0.3 is 16.4 Å². The number of amides is 2. The van der Waals surface area contributed by atoms with E-state index >= 15 is 0 Å². The molecule has 4 N–H and O–H groups in total. The maximum absolute atomic E-state index is 11.7. The molecule has 0 bridgehead atoms. The van der Waals surface area contributed by atoms with Crippen LogP contribution in [0.1, 0.15) is 45.4 Å². The van der Waals surface area contributed by atoms with Crippen LogP contribution in [-0.4, -0.2) is 30.9 Å². The number of carbonyl (C=O) groups is 2. The highest BCUT2D eigenvalue weighted by Crippen LogP contribution is 2.27. The third-order valence-corrected chi connectivity index (χ3v) is 3.61. The fourth-order valence-electron chi connectivity index (χ4n) is 2.59. The van der Waals surface area contributed by atoms with Gasteiger partial charge in [-0.15, -0.1) is 0 Å². The Balaban J connectivity index is 2.41. The third kappa shape index (κ3) is 4.64. The van der Waals surface area contributed by atoms with Gasteiger partial charge in [-0.1, -0.05) is 26.2 Å². The monoisotopic (exact) mass is 255 g/mol. The summed E-state index contributed by atoms with van der Waals surface area (Å²) in [5, 5.41) is 5.34. The number of hydrogen-bond acceptors (Lipinski definition) is 3. The van der Waals surface area contributed by atoms with Crippen LogP contribution < -0.4 is 16.4 Å². The van der Waals surface area contributed by atoms with Crippen molar-refractivity contribution >= 4 is 11.8 Å². The standard InChI is InChI=1S/C13H25N3O2/c1-2-11(10-6-4-3-5-7-10)16-13(18)12(17)15-9-8-14/h10-11H,2-9,14H2,1H3,(H,15,17)(H,16,18). The first kappa shape index (κ1) is 15.0. The maximum Gasteiger partial charge on any atom is 0.309 e. The lowest BCUT2D eigenvalue weighted by atomic mass is 9.83. The summed E-state index contributed by atoms with van der Waals surface area (Å²) >= 11 is 0. The predicted molar refractivity (Wildman–Crippen MR) is 70.9 cm³/mol. The van der Waals surface area contributed by atoms with E-state index in [2.05, 4.69) is 17.6 Å². The zero-order valence-electron chi connectivity index (χ0n) is 11.2. The molecular weight excluding hydrogens is 230 g/mol. The predicted octanol–water partition coefficient (Wildman–Crippen LogP) is 0.536. The largest absolute Gasteiger partial charge is 0.347 e. The average molecular weight is 255 g/mol. The molecule has 0 heterocycles. The molecule has 104 valence electrons. The Kier molecular flexibility index (Phi) is 6.72. The van der Waals surface area contributed by atoms with Crippen molar-refractivity contribution in [3.05, 3.63) is 0 Å². The number of nitrogens with one attached hydrogen (secondary N) is 2. The molecule has 5 nitrogen and oxygen atoms in total. The molecule has 1 atom stereocenters. The van der Waals surface area contributed by atoms with Crippen LogP contribution >= 0.6 is 0 Å². The molecule has 0 spiro atoms. The summed E-state index contributed by atoms with van der Waals surface area (Å²) in [5.41, 5.74) is 5.27. The molecule has 18 heavy (non-hydrogen) atoms. The van der Waals surface area contributed by atoms with E-state index in [9.17, 15) is 9.59 Å². The third-order valence-electron chi connectivity index (χ3n) is 3.61. The quantitative estimate of drug-likeness (QED) is 0.627. The molecule has 1 aliphatic rings. The Hall–Kier alpha value is -1.10. The second kappa shape index (κ2) is 8.08. The van der Waals surface area contributed by atoms with Gasteiger partial charge in [0.1, 0.15) is 0 Å². The Bertz CT molecular complexity index is 275. The van der Waals surface area contributed by atoms with Crippen LogP contribution in [0.15, 0.2) is 0 Å². The zero-order valence-corrected chi connectivity index (χ0v) is 11.2. The minimum atomic E-state index is -0.574. The normalized spacial score (nSPS) is 18.1. The molecule has 0 aromatic carbocycles. The van der Waals surface area contributed by atoms with Crippen molar-refractivity contribution in [2.24, 2.45) is 11.7 Å². The van der Waals surface area contributed by atoms with Crippen molar-refractivity contribution < 1.29 is 9.59 Å². The minimum absolute atomic E-state index is 0.126. The van der Waals surface area contributed by atoms with E-state index in [-0.39, 0.29) is 6.04 Å². The lowest BCUT2D eigenvalue weighted by Gasteiger charge is -2.30. The molecule has 1 fully saturated rings. The van der Waals surface area contributed by atoms with Crippen LogP contribution in [0.4, 0.5) is 0 Å². The summed E-state index contributed by atoms with van der Waals surface area (Å²) in [6.07, 6.45) is 6.94. The van der Waals surface area contributed by atoms with Gasteiger partial charge in [-0.2, -0.15) is 0 Å². The van der Waals surface area contributed by atoms with E-state index in [0.717, 1.165) is 19.3 Å². The van der Waals surface area contributed by atoms with Gasteiger partial charge in [0.2, 0.25) is 0 Å². The van der Waals surface area contributed by atoms with Crippen LogP contribution in [0.2, 0.25) is 0 Å². The summed E-state index contributed by atoms with van der Waals surface area (Å²) < 4.78 is 0. The summed E-state index contributed by atoms with van der Waals surface area (Å²) in [4.78, 5) is 23.2. The van der Waals surface area contributed by atoms with Gasteiger partial charge in [0.25, 0.3) is 0 Å². The molecule has 0 radical (unpaired) electrons. The maximum atomic E-state index is 11.7. The summed E-state index contributed by atoms with van der Waals surface area (Å²) in [5.74, 6) is -0.578. The molecule has 1 unspecified atom stereocenters. The van der Waals surface area contributed by atoms with Crippen molar-refractivity contribution in [1.82, 2.24) is 10.6 Å². The molecule has 5 heteroatoms. The Morgan fingerprint density at radius 3 is 2.44 bits per heavy atom. The summed E-state index contributed by atoms with van der Waals surface area (Å²) in [6.45, 7) is 2.74. The number of carbonyl (C=O) groups excluding carboxylic acids is 2. The van der Waals surface area contributed by atoms with Gasteiger partial charge in [-0.25, -0.2) is 0 Å². The van der Waals surface area contributed by atoms with Crippen molar-refractivity contribution in [1.29, 1.82) is 0 Å². The van der Waals surface area contributed by atoms with E-state index in [1.165, 1.54) is 19.3 Å². The minimum Gasteiger partial charge on any atom is -0.347 e. The topological polar surface area (TPSA) is 84.2 Å². The first-order valence-electron chi connectivity index (χ1n) is 6.97. The number of nitrogens with two attached hydrogens (primary N) is 1. The fraction of sp³-hybridized carbons (Fsp3) is 0.846. The van der Waals surface area contributed by atoms with Crippen LogP contribution in [-0.2, 0) is 9.59 Å². The van der Waals surface area contributed by atoms with Crippen LogP contribution in [0.3, 0.4) is 0 Å². The van der Waals surface area contributed by atoms with E-state index in [1.807, 2.05) is 0 Å². The molecule has 2 amide bonds. The average Bonchev–Trinajstić information content (AvgIpc) is 2.42. The van der Waals surface area contributed by atoms with Gasteiger partial charge in [0.05, 0.1) is 0 Å². The van der Waals surface area contributed by atoms with Crippen molar-refractivity contribution in [2.75, 3.05) is 13.1 Å². The molecular formula is C13H25N3O2. The Morgan fingerprint density at radius 2 is 1.89 bits per heavy atom. The van der Waals surface area contributed by atoms with Crippen molar-refractivity contribution in [3.63, 3.8) is 0 Å². The number of rotatable bonds is 5. The first-order chi connectivity index (χ1) is 8.69. The zero-order chi connectivity index (χ0) is 13.4. The van der Waals surface area contributed by atoms with E-state index < -0.39 is 11.8 Å². The van der Waals surface area contributed by atoms with Gasteiger partial charge in [0, 0.05) is 19.1 Å². The highest BCUT2D eigenvalue weighted by molar-refractivity contribution is 6.35. The second-order valence-corrected chi connectivity index (χ2v) is 4.93. The molecule has 0 saturated heterocycles. The van der Waals surface area contributed by atoms with E-state index in [0.29, 0.717) is 19.0 Å². The van der Waals surface area contributed by atoms with Crippen LogP contribution in [0, 0.1) is 5.92 Å². The Labute approximate surface area is 109 Å². The first-order valence-corrected chi connectivity index (χ1v) is 6.97. The van der Waals surface area contributed by atoms with Gasteiger partial charge >= 0.3 is 11.8 Å². The van der Waals surface area contributed by atoms with Crippen LogP contribution in [0.5, 0.6) is 0 Å². The van der Waals surface area contributed by atoms with Gasteiger partial charge in [-0.3, -0.25) is 9.59 Å². The van der Waals surface area contributed by atoms with Crippen molar-refractivity contribution in [2.45, 2.75) is 51.5 Å². The van der Waals surface area contributed by atoms with Crippen LogP contribution in [0.25, 0.3) is 0 Å². The highest BCUT2D eigenvalue weighted by Gasteiger charge is 2.25.